The maximum atomic E-state index is 12.4. The van der Waals surface area contributed by atoms with Crippen LogP contribution in [0.15, 0.2) is 48.5 Å². The molecule has 0 saturated heterocycles. The Balaban J connectivity index is 2.03. The summed E-state index contributed by atoms with van der Waals surface area (Å²) in [5, 5.41) is 2.92. The van der Waals surface area contributed by atoms with Crippen molar-refractivity contribution in [2.24, 2.45) is 5.73 Å². The smallest absolute Gasteiger partial charge is 0.229 e. The van der Waals surface area contributed by atoms with E-state index in [1.54, 1.807) is 14.2 Å². The van der Waals surface area contributed by atoms with Crippen molar-refractivity contribution in [3.63, 3.8) is 0 Å². The molecular formula is C18H22N2O3. The lowest BCUT2D eigenvalue weighted by Crippen LogP contribution is -2.33. The average Bonchev–Trinajstić information content (AvgIpc) is 2.61. The topological polar surface area (TPSA) is 73.6 Å². The van der Waals surface area contributed by atoms with Crippen LogP contribution in [0.5, 0.6) is 11.5 Å². The molecule has 0 heterocycles. The Labute approximate surface area is 136 Å². The molecule has 0 aromatic heterocycles. The number of amides is 1. The van der Waals surface area contributed by atoms with Gasteiger partial charge in [0.2, 0.25) is 5.91 Å². The molecule has 0 fully saturated rings. The third-order valence-corrected chi connectivity index (χ3v) is 3.67. The number of methoxy groups -OCH3 is 2. The van der Waals surface area contributed by atoms with Crippen LogP contribution in [0.1, 0.15) is 17.0 Å². The predicted molar refractivity (Wildman–Crippen MR) is 89.6 cm³/mol. The van der Waals surface area contributed by atoms with Crippen molar-refractivity contribution in [3.8, 4) is 11.5 Å². The predicted octanol–water partition coefficient (Wildman–Crippen LogP) is 2.06. The maximum Gasteiger partial charge on any atom is 0.229 e. The van der Waals surface area contributed by atoms with Gasteiger partial charge < -0.3 is 20.5 Å². The molecule has 5 nitrogen and oxygen atoms in total. The minimum atomic E-state index is -0.351. The molecule has 5 heteroatoms. The molecule has 1 unspecified atom stereocenters. The largest absolute Gasteiger partial charge is 0.493 e. The molecule has 1 amide bonds. The molecule has 0 aliphatic rings. The Kier molecular flexibility index (Phi) is 6.00. The highest BCUT2D eigenvalue weighted by atomic mass is 16.5. The van der Waals surface area contributed by atoms with Crippen LogP contribution in [0.4, 0.5) is 0 Å². The quantitative estimate of drug-likeness (QED) is 0.820. The van der Waals surface area contributed by atoms with E-state index in [1.165, 1.54) is 0 Å². The fourth-order valence-electron chi connectivity index (χ4n) is 2.38. The average molecular weight is 314 g/mol. The van der Waals surface area contributed by atoms with Gasteiger partial charge >= 0.3 is 0 Å². The summed E-state index contributed by atoms with van der Waals surface area (Å²) in [7, 11) is 3.17. The normalized spacial score (nSPS) is 11.6. The third-order valence-electron chi connectivity index (χ3n) is 3.67. The van der Waals surface area contributed by atoms with E-state index < -0.39 is 0 Å². The second kappa shape index (κ2) is 8.19. The van der Waals surface area contributed by atoms with Gasteiger partial charge in [-0.2, -0.15) is 0 Å². The summed E-state index contributed by atoms with van der Waals surface area (Å²) in [6.07, 6.45) is 0. The molecule has 3 N–H and O–H groups in total. The van der Waals surface area contributed by atoms with E-state index in [0.717, 1.165) is 11.1 Å². The summed E-state index contributed by atoms with van der Waals surface area (Å²) in [5.74, 6) is 0.856. The van der Waals surface area contributed by atoms with E-state index in [9.17, 15) is 4.79 Å². The molecular weight excluding hydrogens is 292 g/mol. The number of carbonyl (C=O) groups excluding carboxylic acids is 1. The van der Waals surface area contributed by atoms with Crippen molar-refractivity contribution in [2.45, 2.75) is 12.5 Å². The molecule has 0 spiro atoms. The number of rotatable bonds is 7. The third kappa shape index (κ3) is 4.23. The first-order valence-corrected chi connectivity index (χ1v) is 7.43. The van der Waals surface area contributed by atoms with Crippen LogP contribution in [0.2, 0.25) is 0 Å². The number of hydrogen-bond acceptors (Lipinski definition) is 4. The van der Waals surface area contributed by atoms with E-state index >= 15 is 0 Å². The van der Waals surface area contributed by atoms with Gasteiger partial charge in [0.05, 0.1) is 20.1 Å². The van der Waals surface area contributed by atoms with Gasteiger partial charge in [0.15, 0.2) is 11.5 Å². The first-order chi connectivity index (χ1) is 11.2. The Hall–Kier alpha value is -2.53. The minimum absolute atomic E-state index is 0.0894. The second-order valence-electron chi connectivity index (χ2n) is 5.11. The van der Waals surface area contributed by atoms with Crippen LogP contribution in [-0.2, 0) is 11.3 Å². The fraction of sp³-hybridized carbons (Fsp3) is 0.278. The molecule has 23 heavy (non-hydrogen) atoms. The van der Waals surface area contributed by atoms with Crippen molar-refractivity contribution in [2.75, 3.05) is 20.8 Å². The van der Waals surface area contributed by atoms with Crippen molar-refractivity contribution in [1.29, 1.82) is 0 Å². The van der Waals surface area contributed by atoms with Crippen LogP contribution in [-0.4, -0.2) is 26.7 Å². The SMILES string of the molecule is COc1ccc(CNC(=O)C(CN)c2ccccc2)cc1OC. The Morgan fingerprint density at radius 3 is 2.39 bits per heavy atom. The van der Waals surface area contributed by atoms with Crippen LogP contribution >= 0.6 is 0 Å². The molecule has 2 aromatic rings. The Morgan fingerprint density at radius 1 is 1.09 bits per heavy atom. The Bertz CT molecular complexity index is 644. The van der Waals surface area contributed by atoms with Gasteiger partial charge in [0, 0.05) is 13.1 Å². The maximum absolute atomic E-state index is 12.4. The zero-order valence-electron chi connectivity index (χ0n) is 13.4. The van der Waals surface area contributed by atoms with Crippen LogP contribution in [0, 0.1) is 0 Å². The number of carbonyl (C=O) groups is 1. The van der Waals surface area contributed by atoms with E-state index in [0.29, 0.717) is 18.0 Å². The summed E-state index contributed by atoms with van der Waals surface area (Å²) < 4.78 is 10.5. The van der Waals surface area contributed by atoms with Gasteiger partial charge in [0.1, 0.15) is 0 Å². The standard InChI is InChI=1S/C18H22N2O3/c1-22-16-9-8-13(10-17(16)23-2)12-20-18(21)15(11-19)14-6-4-3-5-7-14/h3-10,15H,11-12,19H2,1-2H3,(H,20,21). The van der Waals surface area contributed by atoms with Gasteiger partial charge in [-0.1, -0.05) is 36.4 Å². The van der Waals surface area contributed by atoms with Crippen molar-refractivity contribution in [3.05, 3.63) is 59.7 Å². The van der Waals surface area contributed by atoms with E-state index in [4.69, 9.17) is 15.2 Å². The number of nitrogens with one attached hydrogen (secondary N) is 1. The first kappa shape index (κ1) is 16.8. The fourth-order valence-corrected chi connectivity index (χ4v) is 2.38. The molecule has 0 aliphatic heterocycles. The molecule has 1 atom stereocenters. The lowest BCUT2D eigenvalue weighted by Gasteiger charge is -2.16. The van der Waals surface area contributed by atoms with E-state index in [1.807, 2.05) is 48.5 Å². The van der Waals surface area contributed by atoms with Crippen LogP contribution in [0.25, 0.3) is 0 Å². The minimum Gasteiger partial charge on any atom is -0.493 e. The number of ether oxygens (including phenoxy) is 2. The van der Waals surface area contributed by atoms with E-state index in [-0.39, 0.29) is 18.4 Å². The molecule has 0 bridgehead atoms. The highest BCUT2D eigenvalue weighted by Crippen LogP contribution is 2.27. The first-order valence-electron chi connectivity index (χ1n) is 7.43. The molecule has 2 aromatic carbocycles. The Morgan fingerprint density at radius 2 is 1.78 bits per heavy atom. The molecule has 0 saturated carbocycles. The van der Waals surface area contributed by atoms with Gasteiger partial charge in [0.25, 0.3) is 0 Å². The number of benzene rings is 2. The highest BCUT2D eigenvalue weighted by molar-refractivity contribution is 5.83. The summed E-state index contributed by atoms with van der Waals surface area (Å²) in [4.78, 5) is 12.4. The van der Waals surface area contributed by atoms with Crippen molar-refractivity contribution >= 4 is 5.91 Å². The summed E-state index contributed by atoms with van der Waals surface area (Å²) in [6, 6.07) is 15.1. The van der Waals surface area contributed by atoms with Gasteiger partial charge in [-0.05, 0) is 23.3 Å². The van der Waals surface area contributed by atoms with E-state index in [2.05, 4.69) is 5.32 Å². The lowest BCUT2D eigenvalue weighted by molar-refractivity contribution is -0.122. The van der Waals surface area contributed by atoms with Crippen LogP contribution in [0.3, 0.4) is 0 Å². The summed E-state index contributed by atoms with van der Waals surface area (Å²) >= 11 is 0. The van der Waals surface area contributed by atoms with Gasteiger partial charge in [-0.15, -0.1) is 0 Å². The number of hydrogen-bond donors (Lipinski definition) is 2. The van der Waals surface area contributed by atoms with Crippen molar-refractivity contribution < 1.29 is 14.3 Å². The zero-order valence-corrected chi connectivity index (χ0v) is 13.4. The highest BCUT2D eigenvalue weighted by Gasteiger charge is 2.18. The van der Waals surface area contributed by atoms with Crippen molar-refractivity contribution in [1.82, 2.24) is 5.32 Å². The zero-order chi connectivity index (χ0) is 16.7. The van der Waals surface area contributed by atoms with Gasteiger partial charge in [-0.25, -0.2) is 0 Å². The molecule has 2 rings (SSSR count). The summed E-state index contributed by atoms with van der Waals surface area (Å²) in [6.45, 7) is 0.671. The van der Waals surface area contributed by atoms with Gasteiger partial charge in [-0.3, -0.25) is 4.79 Å². The molecule has 122 valence electrons. The molecule has 0 aliphatic carbocycles. The second-order valence-corrected chi connectivity index (χ2v) is 5.11. The lowest BCUT2D eigenvalue weighted by atomic mass is 9.98. The van der Waals surface area contributed by atoms with Crippen LogP contribution < -0.4 is 20.5 Å². The number of nitrogens with two attached hydrogens (primary N) is 1. The monoisotopic (exact) mass is 314 g/mol. The summed E-state index contributed by atoms with van der Waals surface area (Å²) in [5.41, 5.74) is 7.61. The molecule has 0 radical (unpaired) electrons.